The number of benzene rings is 2. The number of para-hydroxylation sites is 2. The molecule has 110 valence electrons. The van der Waals surface area contributed by atoms with Gasteiger partial charge in [-0.1, -0.05) is 24.3 Å². The lowest BCUT2D eigenvalue weighted by molar-refractivity contribution is 0.262. The van der Waals surface area contributed by atoms with E-state index in [-0.39, 0.29) is 6.03 Å². The standard InChI is InChI=1S/C16H19N3O2/c1-12-5-4-6-13(11-12)18-16(20)19-14-7-2-3-8-15(14)21-10-9-17/h2-8,11H,9-10,17H2,1H3,(H2,18,19,20). The van der Waals surface area contributed by atoms with Crippen LogP contribution in [0.15, 0.2) is 48.5 Å². The van der Waals surface area contributed by atoms with Gasteiger partial charge in [-0.15, -0.1) is 0 Å². The molecule has 0 saturated carbocycles. The van der Waals surface area contributed by atoms with Gasteiger partial charge in [-0.25, -0.2) is 4.79 Å². The summed E-state index contributed by atoms with van der Waals surface area (Å²) in [6, 6.07) is 14.5. The minimum absolute atomic E-state index is 0.315. The lowest BCUT2D eigenvalue weighted by Gasteiger charge is -2.12. The summed E-state index contributed by atoms with van der Waals surface area (Å²) >= 11 is 0. The minimum Gasteiger partial charge on any atom is -0.490 e. The molecule has 0 bridgehead atoms. The Morgan fingerprint density at radius 3 is 2.71 bits per heavy atom. The second kappa shape index (κ2) is 7.31. The smallest absolute Gasteiger partial charge is 0.323 e. The highest BCUT2D eigenvalue weighted by molar-refractivity contribution is 6.00. The SMILES string of the molecule is Cc1cccc(NC(=O)Nc2ccccc2OCCN)c1. The second-order valence-corrected chi connectivity index (χ2v) is 4.58. The summed E-state index contributed by atoms with van der Waals surface area (Å²) in [7, 11) is 0. The van der Waals surface area contributed by atoms with Gasteiger partial charge in [-0.3, -0.25) is 0 Å². The Bertz CT molecular complexity index is 614. The zero-order valence-electron chi connectivity index (χ0n) is 11.9. The maximum atomic E-state index is 12.0. The van der Waals surface area contributed by atoms with Crippen molar-refractivity contribution in [1.29, 1.82) is 0 Å². The molecule has 0 aromatic heterocycles. The number of hydrogen-bond donors (Lipinski definition) is 3. The van der Waals surface area contributed by atoms with Crippen molar-refractivity contribution in [2.24, 2.45) is 5.73 Å². The fraction of sp³-hybridized carbons (Fsp3) is 0.188. The van der Waals surface area contributed by atoms with E-state index in [1.54, 1.807) is 12.1 Å². The van der Waals surface area contributed by atoms with E-state index in [1.807, 2.05) is 43.3 Å². The Labute approximate surface area is 124 Å². The molecule has 0 atom stereocenters. The summed E-state index contributed by atoms with van der Waals surface area (Å²) in [5, 5.41) is 5.56. The van der Waals surface area contributed by atoms with E-state index in [9.17, 15) is 4.79 Å². The molecule has 0 aliphatic heterocycles. The van der Waals surface area contributed by atoms with Crippen molar-refractivity contribution in [2.45, 2.75) is 6.92 Å². The molecule has 0 spiro atoms. The van der Waals surface area contributed by atoms with Crippen LogP contribution in [0.2, 0.25) is 0 Å². The van der Waals surface area contributed by atoms with Gasteiger partial charge in [0.2, 0.25) is 0 Å². The number of amides is 2. The number of ether oxygens (including phenoxy) is 1. The largest absolute Gasteiger partial charge is 0.490 e. The van der Waals surface area contributed by atoms with E-state index in [2.05, 4.69) is 10.6 Å². The van der Waals surface area contributed by atoms with Gasteiger partial charge in [0.1, 0.15) is 12.4 Å². The molecular weight excluding hydrogens is 266 g/mol. The van der Waals surface area contributed by atoms with Gasteiger partial charge in [-0.2, -0.15) is 0 Å². The van der Waals surface area contributed by atoms with Crippen molar-refractivity contribution in [3.05, 3.63) is 54.1 Å². The summed E-state index contributed by atoms with van der Waals surface area (Å²) in [6.45, 7) is 2.79. The molecule has 2 amide bonds. The van der Waals surface area contributed by atoms with Crippen LogP contribution in [0.5, 0.6) is 5.75 Å². The van der Waals surface area contributed by atoms with E-state index < -0.39 is 0 Å². The van der Waals surface area contributed by atoms with E-state index in [1.165, 1.54) is 0 Å². The second-order valence-electron chi connectivity index (χ2n) is 4.58. The van der Waals surface area contributed by atoms with Crippen molar-refractivity contribution in [3.63, 3.8) is 0 Å². The quantitative estimate of drug-likeness (QED) is 0.790. The first kappa shape index (κ1) is 14.9. The van der Waals surface area contributed by atoms with Crippen LogP contribution in [0.4, 0.5) is 16.2 Å². The lowest BCUT2D eigenvalue weighted by Crippen LogP contribution is -2.20. The molecule has 0 heterocycles. The molecule has 0 fully saturated rings. The Morgan fingerprint density at radius 1 is 1.14 bits per heavy atom. The molecule has 0 radical (unpaired) electrons. The third-order valence-electron chi connectivity index (χ3n) is 2.79. The zero-order valence-corrected chi connectivity index (χ0v) is 11.9. The summed E-state index contributed by atoms with van der Waals surface area (Å²) in [5.74, 6) is 0.599. The summed E-state index contributed by atoms with van der Waals surface area (Å²) in [6.07, 6.45) is 0. The number of hydrogen-bond acceptors (Lipinski definition) is 3. The number of carbonyl (C=O) groups excluding carboxylic acids is 1. The van der Waals surface area contributed by atoms with Crippen LogP contribution in [0.25, 0.3) is 0 Å². The molecule has 2 rings (SSSR count). The monoisotopic (exact) mass is 285 g/mol. The number of carbonyl (C=O) groups is 1. The van der Waals surface area contributed by atoms with Gasteiger partial charge in [0.25, 0.3) is 0 Å². The van der Waals surface area contributed by atoms with Crippen LogP contribution in [-0.4, -0.2) is 19.2 Å². The molecule has 0 aliphatic carbocycles. The summed E-state index contributed by atoms with van der Waals surface area (Å²) < 4.78 is 5.49. The first-order valence-electron chi connectivity index (χ1n) is 6.75. The van der Waals surface area contributed by atoms with Crippen molar-refractivity contribution in [3.8, 4) is 5.75 Å². The van der Waals surface area contributed by atoms with Crippen LogP contribution in [0.3, 0.4) is 0 Å². The van der Waals surface area contributed by atoms with Crippen molar-refractivity contribution in [1.82, 2.24) is 0 Å². The highest BCUT2D eigenvalue weighted by atomic mass is 16.5. The van der Waals surface area contributed by atoms with Gasteiger partial charge < -0.3 is 21.1 Å². The van der Waals surface area contributed by atoms with E-state index >= 15 is 0 Å². The molecule has 5 heteroatoms. The Hall–Kier alpha value is -2.53. The Morgan fingerprint density at radius 2 is 1.95 bits per heavy atom. The first-order valence-corrected chi connectivity index (χ1v) is 6.75. The molecule has 0 aliphatic rings. The number of anilines is 2. The summed E-state index contributed by atoms with van der Waals surface area (Å²) in [5.41, 5.74) is 7.85. The number of aryl methyl sites for hydroxylation is 1. The molecule has 4 N–H and O–H groups in total. The highest BCUT2D eigenvalue weighted by Crippen LogP contribution is 2.23. The van der Waals surface area contributed by atoms with E-state index in [4.69, 9.17) is 10.5 Å². The fourth-order valence-corrected chi connectivity index (χ4v) is 1.87. The van der Waals surface area contributed by atoms with Crippen LogP contribution in [0.1, 0.15) is 5.56 Å². The number of urea groups is 1. The Balaban J connectivity index is 2.02. The Kier molecular flexibility index (Phi) is 5.17. The average Bonchev–Trinajstić information content (AvgIpc) is 2.46. The van der Waals surface area contributed by atoms with Crippen molar-refractivity contribution < 1.29 is 9.53 Å². The average molecular weight is 285 g/mol. The predicted molar refractivity (Wildman–Crippen MR) is 84.8 cm³/mol. The van der Waals surface area contributed by atoms with Crippen LogP contribution < -0.4 is 21.1 Å². The normalized spacial score (nSPS) is 10.0. The third kappa shape index (κ3) is 4.50. The summed E-state index contributed by atoms with van der Waals surface area (Å²) in [4.78, 5) is 12.0. The van der Waals surface area contributed by atoms with Gasteiger partial charge >= 0.3 is 6.03 Å². The lowest BCUT2D eigenvalue weighted by atomic mass is 10.2. The number of nitrogens with two attached hydrogens (primary N) is 1. The van der Waals surface area contributed by atoms with E-state index in [0.29, 0.717) is 24.6 Å². The van der Waals surface area contributed by atoms with Gasteiger partial charge in [0.05, 0.1) is 5.69 Å². The first-order chi connectivity index (χ1) is 10.2. The maximum Gasteiger partial charge on any atom is 0.323 e. The third-order valence-corrected chi connectivity index (χ3v) is 2.79. The van der Waals surface area contributed by atoms with Gasteiger partial charge in [0, 0.05) is 12.2 Å². The van der Waals surface area contributed by atoms with Crippen molar-refractivity contribution >= 4 is 17.4 Å². The van der Waals surface area contributed by atoms with E-state index in [0.717, 1.165) is 11.3 Å². The number of rotatable bonds is 5. The van der Waals surface area contributed by atoms with Crippen LogP contribution in [0, 0.1) is 6.92 Å². The maximum absolute atomic E-state index is 12.0. The number of nitrogens with one attached hydrogen (secondary N) is 2. The molecule has 0 saturated heterocycles. The van der Waals surface area contributed by atoms with Gasteiger partial charge in [0.15, 0.2) is 0 Å². The highest BCUT2D eigenvalue weighted by Gasteiger charge is 2.07. The van der Waals surface area contributed by atoms with Crippen LogP contribution >= 0.6 is 0 Å². The van der Waals surface area contributed by atoms with Crippen molar-refractivity contribution in [2.75, 3.05) is 23.8 Å². The zero-order chi connectivity index (χ0) is 15.1. The molecule has 5 nitrogen and oxygen atoms in total. The predicted octanol–water partition coefficient (Wildman–Crippen LogP) is 2.98. The fourth-order valence-electron chi connectivity index (χ4n) is 1.87. The molecule has 0 unspecified atom stereocenters. The molecule has 21 heavy (non-hydrogen) atoms. The molecular formula is C16H19N3O2. The minimum atomic E-state index is -0.315. The molecule has 2 aromatic rings. The topological polar surface area (TPSA) is 76.4 Å². The molecule has 2 aromatic carbocycles. The van der Waals surface area contributed by atoms with Crippen LogP contribution in [-0.2, 0) is 0 Å². The van der Waals surface area contributed by atoms with Gasteiger partial charge in [-0.05, 0) is 36.8 Å².